The third kappa shape index (κ3) is 2.62. The van der Waals surface area contributed by atoms with E-state index in [9.17, 15) is 4.79 Å². The lowest BCUT2D eigenvalue weighted by Gasteiger charge is -2.08. The van der Waals surface area contributed by atoms with Gasteiger partial charge in [0.25, 0.3) is 0 Å². The molecule has 18 heavy (non-hydrogen) atoms. The molecule has 0 aliphatic rings. The molecule has 6 heteroatoms. The van der Waals surface area contributed by atoms with E-state index in [0.717, 1.165) is 0 Å². The van der Waals surface area contributed by atoms with Crippen LogP contribution in [0.15, 0.2) is 24.4 Å². The van der Waals surface area contributed by atoms with Gasteiger partial charge < -0.3 is 0 Å². The summed E-state index contributed by atoms with van der Waals surface area (Å²) in [5.41, 5.74) is 1.31. The number of halogens is 4. The van der Waals surface area contributed by atoms with Gasteiger partial charge in [0, 0.05) is 22.3 Å². The van der Waals surface area contributed by atoms with Crippen molar-refractivity contribution >= 4 is 52.7 Å². The minimum atomic E-state index is 0.273. The van der Waals surface area contributed by atoms with Gasteiger partial charge in [-0.3, -0.25) is 9.78 Å². The molecule has 0 unspecified atom stereocenters. The number of hydrogen-bond donors (Lipinski definition) is 0. The molecule has 0 bridgehead atoms. The van der Waals surface area contributed by atoms with Gasteiger partial charge in [0.15, 0.2) is 6.29 Å². The Kier molecular flexibility index (Phi) is 4.13. The molecular weight excluding hydrogens is 316 g/mol. The second kappa shape index (κ2) is 5.45. The van der Waals surface area contributed by atoms with Crippen molar-refractivity contribution < 1.29 is 4.79 Å². The van der Waals surface area contributed by atoms with E-state index in [-0.39, 0.29) is 5.02 Å². The van der Waals surface area contributed by atoms with Crippen molar-refractivity contribution in [3.05, 3.63) is 50.0 Å². The van der Waals surface area contributed by atoms with Crippen LogP contribution in [0.4, 0.5) is 0 Å². The maximum absolute atomic E-state index is 10.8. The molecule has 0 saturated carbocycles. The molecule has 0 atom stereocenters. The van der Waals surface area contributed by atoms with Gasteiger partial charge in [-0.25, -0.2) is 0 Å². The Morgan fingerprint density at radius 3 is 2.11 bits per heavy atom. The first-order valence-corrected chi connectivity index (χ1v) is 6.29. The van der Waals surface area contributed by atoms with E-state index in [1.165, 1.54) is 12.3 Å². The van der Waals surface area contributed by atoms with Crippen LogP contribution >= 0.6 is 46.4 Å². The topological polar surface area (TPSA) is 30.0 Å². The molecule has 1 heterocycles. The predicted octanol–water partition coefficient (Wildman–Crippen LogP) is 5.17. The number of carbonyl (C=O) groups is 1. The normalized spacial score (nSPS) is 10.4. The molecule has 0 radical (unpaired) electrons. The highest BCUT2D eigenvalue weighted by atomic mass is 35.5. The molecule has 92 valence electrons. The van der Waals surface area contributed by atoms with E-state index in [2.05, 4.69) is 4.98 Å². The number of aromatic nitrogens is 1. The number of carbonyl (C=O) groups excluding carboxylic acids is 1. The van der Waals surface area contributed by atoms with Crippen LogP contribution in [-0.4, -0.2) is 11.3 Å². The van der Waals surface area contributed by atoms with Crippen LogP contribution in [-0.2, 0) is 0 Å². The standard InChI is InChI=1S/C12H5Cl4NO/c13-7-2-8(14)12(9(15)3-7)11-1-6(5-18)10(16)4-17-11/h1-5H. The van der Waals surface area contributed by atoms with Gasteiger partial charge in [0.2, 0.25) is 0 Å². The van der Waals surface area contributed by atoms with Crippen molar-refractivity contribution in [2.45, 2.75) is 0 Å². The zero-order chi connectivity index (χ0) is 13.3. The van der Waals surface area contributed by atoms with Gasteiger partial charge >= 0.3 is 0 Å². The van der Waals surface area contributed by atoms with Gasteiger partial charge in [-0.05, 0) is 18.2 Å². The number of nitrogens with zero attached hydrogens (tertiary/aromatic N) is 1. The van der Waals surface area contributed by atoms with Gasteiger partial charge in [-0.2, -0.15) is 0 Å². The Balaban J connectivity index is 2.66. The Morgan fingerprint density at radius 1 is 0.944 bits per heavy atom. The van der Waals surface area contributed by atoms with Crippen LogP contribution in [0.1, 0.15) is 10.4 Å². The zero-order valence-electron chi connectivity index (χ0n) is 8.75. The monoisotopic (exact) mass is 319 g/mol. The molecule has 2 aromatic rings. The second-order valence-electron chi connectivity index (χ2n) is 3.45. The summed E-state index contributed by atoms with van der Waals surface area (Å²) in [7, 11) is 0. The van der Waals surface area contributed by atoms with E-state index in [4.69, 9.17) is 46.4 Å². The quantitative estimate of drug-likeness (QED) is 0.714. The number of rotatable bonds is 2. The number of aldehydes is 1. The van der Waals surface area contributed by atoms with Crippen LogP contribution in [0.3, 0.4) is 0 Å². The first-order chi connectivity index (χ1) is 8.52. The predicted molar refractivity (Wildman–Crippen MR) is 75.1 cm³/mol. The number of benzene rings is 1. The van der Waals surface area contributed by atoms with E-state index in [0.29, 0.717) is 38.2 Å². The fourth-order valence-corrected chi connectivity index (χ4v) is 2.63. The molecule has 0 saturated heterocycles. The molecule has 1 aromatic heterocycles. The van der Waals surface area contributed by atoms with E-state index in [1.54, 1.807) is 12.1 Å². The molecule has 2 rings (SSSR count). The molecule has 1 aromatic carbocycles. The van der Waals surface area contributed by atoms with Gasteiger partial charge in [0.1, 0.15) is 0 Å². The number of hydrogen-bond acceptors (Lipinski definition) is 2. The third-order valence-electron chi connectivity index (χ3n) is 2.27. The van der Waals surface area contributed by atoms with Crippen molar-refractivity contribution in [1.29, 1.82) is 0 Å². The average molecular weight is 321 g/mol. The number of pyridine rings is 1. The molecule has 0 amide bonds. The van der Waals surface area contributed by atoms with Crippen molar-refractivity contribution in [1.82, 2.24) is 4.98 Å². The Bertz CT molecular complexity index is 604. The lowest BCUT2D eigenvalue weighted by atomic mass is 10.1. The Morgan fingerprint density at radius 2 is 1.56 bits per heavy atom. The van der Waals surface area contributed by atoms with Crippen molar-refractivity contribution in [2.24, 2.45) is 0 Å². The zero-order valence-corrected chi connectivity index (χ0v) is 11.8. The molecular formula is C12H5Cl4NO. The van der Waals surface area contributed by atoms with Crippen LogP contribution in [0.25, 0.3) is 11.3 Å². The smallest absolute Gasteiger partial charge is 0.151 e. The summed E-state index contributed by atoms with van der Waals surface area (Å²) in [6, 6.07) is 4.64. The highest BCUT2D eigenvalue weighted by Crippen LogP contribution is 2.36. The highest BCUT2D eigenvalue weighted by Gasteiger charge is 2.13. The molecule has 0 N–H and O–H groups in total. The van der Waals surface area contributed by atoms with Crippen molar-refractivity contribution in [3.63, 3.8) is 0 Å². The molecule has 0 fully saturated rings. The average Bonchev–Trinajstić information content (AvgIpc) is 2.30. The lowest BCUT2D eigenvalue weighted by Crippen LogP contribution is -1.91. The van der Waals surface area contributed by atoms with Gasteiger partial charge in [-0.1, -0.05) is 46.4 Å². The summed E-state index contributed by atoms with van der Waals surface area (Å²) in [5.74, 6) is 0. The maximum atomic E-state index is 10.8. The van der Waals surface area contributed by atoms with E-state index < -0.39 is 0 Å². The summed E-state index contributed by atoms with van der Waals surface area (Å²) < 4.78 is 0. The molecule has 0 aliphatic carbocycles. The molecule has 0 aliphatic heterocycles. The van der Waals surface area contributed by atoms with Crippen LogP contribution in [0, 0.1) is 0 Å². The summed E-state index contributed by atoms with van der Waals surface area (Å²) in [6.07, 6.45) is 2.02. The van der Waals surface area contributed by atoms with Gasteiger partial charge in [0.05, 0.1) is 20.8 Å². The largest absolute Gasteiger partial charge is 0.298 e. The minimum Gasteiger partial charge on any atom is -0.298 e. The summed E-state index contributed by atoms with van der Waals surface area (Å²) in [6.45, 7) is 0. The lowest BCUT2D eigenvalue weighted by molar-refractivity contribution is 0.112. The van der Waals surface area contributed by atoms with Crippen LogP contribution in [0.5, 0.6) is 0 Å². The highest BCUT2D eigenvalue weighted by molar-refractivity contribution is 6.41. The second-order valence-corrected chi connectivity index (χ2v) is 5.11. The molecule has 2 nitrogen and oxygen atoms in total. The van der Waals surface area contributed by atoms with Crippen molar-refractivity contribution in [2.75, 3.05) is 0 Å². The Labute approximate surface area is 123 Å². The first-order valence-electron chi connectivity index (χ1n) is 4.78. The minimum absolute atomic E-state index is 0.273. The van der Waals surface area contributed by atoms with E-state index in [1.807, 2.05) is 0 Å². The first kappa shape index (κ1) is 13.6. The van der Waals surface area contributed by atoms with Crippen LogP contribution in [0.2, 0.25) is 20.1 Å². The van der Waals surface area contributed by atoms with Gasteiger partial charge in [-0.15, -0.1) is 0 Å². The SMILES string of the molecule is O=Cc1cc(-c2c(Cl)cc(Cl)cc2Cl)ncc1Cl. The third-order valence-corrected chi connectivity index (χ3v) is 3.41. The molecule has 0 spiro atoms. The van der Waals surface area contributed by atoms with Crippen molar-refractivity contribution in [3.8, 4) is 11.3 Å². The van der Waals surface area contributed by atoms with Crippen LogP contribution < -0.4 is 0 Å². The Hall–Kier alpha value is -0.800. The summed E-state index contributed by atoms with van der Waals surface area (Å²) in [4.78, 5) is 14.9. The maximum Gasteiger partial charge on any atom is 0.151 e. The fourth-order valence-electron chi connectivity index (χ4n) is 1.47. The summed E-state index contributed by atoms with van der Waals surface area (Å²) in [5, 5.41) is 1.42. The van der Waals surface area contributed by atoms with E-state index >= 15 is 0 Å². The fraction of sp³-hybridized carbons (Fsp3) is 0. The summed E-state index contributed by atoms with van der Waals surface area (Å²) >= 11 is 23.8.